The summed E-state index contributed by atoms with van der Waals surface area (Å²) in [5.74, 6) is 1.12. The molecular weight excluding hydrogens is 250 g/mol. The van der Waals surface area contributed by atoms with Crippen LogP contribution in [-0.4, -0.2) is 17.1 Å². The first-order valence-corrected chi connectivity index (χ1v) is 5.94. The van der Waals surface area contributed by atoms with E-state index in [1.165, 1.54) is 0 Å². The molecule has 0 spiro atoms. The van der Waals surface area contributed by atoms with Crippen LogP contribution in [0.15, 0.2) is 30.3 Å². The van der Waals surface area contributed by atoms with E-state index in [0.717, 1.165) is 16.3 Å². The van der Waals surface area contributed by atoms with Gasteiger partial charge in [0, 0.05) is 17.5 Å². The molecule has 4 nitrogen and oxygen atoms in total. The maximum Gasteiger partial charge on any atom is 0.216 e. The fourth-order valence-electron chi connectivity index (χ4n) is 1.62. The van der Waals surface area contributed by atoms with Crippen LogP contribution in [0.5, 0.6) is 5.88 Å². The van der Waals surface area contributed by atoms with Crippen LogP contribution in [0.3, 0.4) is 0 Å². The van der Waals surface area contributed by atoms with Gasteiger partial charge in [0.1, 0.15) is 5.82 Å². The third kappa shape index (κ3) is 3.18. The molecule has 2 aromatic rings. The van der Waals surface area contributed by atoms with Gasteiger partial charge in [-0.05, 0) is 17.7 Å². The van der Waals surface area contributed by atoms with Gasteiger partial charge in [-0.2, -0.15) is 4.98 Å². The summed E-state index contributed by atoms with van der Waals surface area (Å²) < 4.78 is 5.13. The Morgan fingerprint density at radius 2 is 1.94 bits per heavy atom. The highest BCUT2D eigenvalue weighted by atomic mass is 35.5. The van der Waals surface area contributed by atoms with Crippen molar-refractivity contribution in [3.8, 4) is 5.88 Å². The highest BCUT2D eigenvalue weighted by Gasteiger charge is 2.05. The van der Waals surface area contributed by atoms with Crippen molar-refractivity contribution in [2.75, 3.05) is 7.11 Å². The first-order valence-electron chi connectivity index (χ1n) is 5.56. The standard InChI is InChI=1S/C13H14ClN3O/c1-18-13-7-11(16-12(8-15)17-13)6-9-2-4-10(14)5-3-9/h2-5,7H,6,8,15H2,1H3. The Balaban J connectivity index is 2.25. The number of aromatic nitrogens is 2. The van der Waals surface area contributed by atoms with Gasteiger partial charge in [-0.25, -0.2) is 4.98 Å². The molecule has 94 valence electrons. The van der Waals surface area contributed by atoms with Crippen molar-refractivity contribution in [1.29, 1.82) is 0 Å². The van der Waals surface area contributed by atoms with Crippen LogP contribution < -0.4 is 10.5 Å². The monoisotopic (exact) mass is 263 g/mol. The van der Waals surface area contributed by atoms with E-state index in [4.69, 9.17) is 22.1 Å². The first-order chi connectivity index (χ1) is 8.71. The fourth-order valence-corrected chi connectivity index (χ4v) is 1.75. The number of rotatable bonds is 4. The van der Waals surface area contributed by atoms with Crippen molar-refractivity contribution in [3.63, 3.8) is 0 Å². The van der Waals surface area contributed by atoms with E-state index in [-0.39, 0.29) is 0 Å². The Morgan fingerprint density at radius 1 is 1.22 bits per heavy atom. The minimum atomic E-state index is 0.296. The van der Waals surface area contributed by atoms with Crippen LogP contribution >= 0.6 is 11.6 Å². The van der Waals surface area contributed by atoms with E-state index in [9.17, 15) is 0 Å². The second-order valence-corrected chi connectivity index (χ2v) is 4.26. The summed E-state index contributed by atoms with van der Waals surface area (Å²) in [6.07, 6.45) is 0.697. The molecule has 5 heteroatoms. The number of ether oxygens (including phenoxy) is 1. The van der Waals surface area contributed by atoms with E-state index in [1.54, 1.807) is 7.11 Å². The molecule has 0 amide bonds. The molecule has 1 aromatic heterocycles. The SMILES string of the molecule is COc1cc(Cc2ccc(Cl)cc2)nc(CN)n1. The number of halogens is 1. The predicted octanol–water partition coefficient (Wildman–Crippen LogP) is 2.19. The molecule has 0 atom stereocenters. The molecule has 18 heavy (non-hydrogen) atoms. The summed E-state index contributed by atoms with van der Waals surface area (Å²) in [5.41, 5.74) is 7.56. The summed E-state index contributed by atoms with van der Waals surface area (Å²) in [5, 5.41) is 0.724. The van der Waals surface area contributed by atoms with Gasteiger partial charge in [-0.1, -0.05) is 23.7 Å². The van der Waals surface area contributed by atoms with Crippen LogP contribution in [0, 0.1) is 0 Å². The van der Waals surface area contributed by atoms with Crippen molar-refractivity contribution < 1.29 is 4.74 Å². The van der Waals surface area contributed by atoms with Crippen molar-refractivity contribution in [3.05, 3.63) is 52.4 Å². The number of nitrogens with two attached hydrogens (primary N) is 1. The zero-order valence-corrected chi connectivity index (χ0v) is 10.8. The number of nitrogens with zero attached hydrogens (tertiary/aromatic N) is 2. The zero-order valence-electron chi connectivity index (χ0n) is 10.1. The Bertz CT molecular complexity index is 506. The number of benzene rings is 1. The molecule has 1 heterocycles. The quantitative estimate of drug-likeness (QED) is 0.919. The van der Waals surface area contributed by atoms with Gasteiger partial charge < -0.3 is 10.5 Å². The zero-order chi connectivity index (χ0) is 13.0. The van der Waals surface area contributed by atoms with Crippen LogP contribution in [0.25, 0.3) is 0 Å². The lowest BCUT2D eigenvalue weighted by Gasteiger charge is -2.06. The normalized spacial score (nSPS) is 10.4. The molecule has 0 aliphatic heterocycles. The van der Waals surface area contributed by atoms with Crippen molar-refractivity contribution in [2.24, 2.45) is 5.73 Å². The van der Waals surface area contributed by atoms with Gasteiger partial charge in [0.25, 0.3) is 0 Å². The van der Waals surface area contributed by atoms with Gasteiger partial charge >= 0.3 is 0 Å². The van der Waals surface area contributed by atoms with E-state index < -0.39 is 0 Å². The molecule has 0 fully saturated rings. The molecule has 0 aliphatic carbocycles. The lowest BCUT2D eigenvalue weighted by molar-refractivity contribution is 0.394. The molecule has 0 radical (unpaired) electrons. The highest BCUT2D eigenvalue weighted by Crippen LogP contribution is 2.15. The minimum Gasteiger partial charge on any atom is -0.481 e. The van der Waals surface area contributed by atoms with E-state index >= 15 is 0 Å². The topological polar surface area (TPSA) is 61.0 Å². The third-order valence-electron chi connectivity index (χ3n) is 2.49. The fraction of sp³-hybridized carbons (Fsp3) is 0.231. The largest absolute Gasteiger partial charge is 0.481 e. The van der Waals surface area contributed by atoms with Gasteiger partial charge in [0.05, 0.1) is 19.3 Å². The number of hydrogen-bond acceptors (Lipinski definition) is 4. The van der Waals surface area contributed by atoms with E-state index in [1.807, 2.05) is 30.3 Å². The first kappa shape index (κ1) is 12.8. The minimum absolute atomic E-state index is 0.296. The molecule has 1 aromatic carbocycles. The second kappa shape index (κ2) is 5.80. The second-order valence-electron chi connectivity index (χ2n) is 3.83. The molecule has 2 N–H and O–H groups in total. The van der Waals surface area contributed by atoms with Gasteiger partial charge in [0.15, 0.2) is 0 Å². The third-order valence-corrected chi connectivity index (χ3v) is 2.74. The van der Waals surface area contributed by atoms with Gasteiger partial charge in [0.2, 0.25) is 5.88 Å². The van der Waals surface area contributed by atoms with Gasteiger partial charge in [-0.3, -0.25) is 0 Å². The average Bonchev–Trinajstić information content (AvgIpc) is 2.41. The lowest BCUT2D eigenvalue weighted by atomic mass is 10.1. The van der Waals surface area contributed by atoms with Crippen LogP contribution in [0.1, 0.15) is 17.1 Å². The van der Waals surface area contributed by atoms with E-state index in [0.29, 0.717) is 24.7 Å². The molecular formula is C13H14ClN3O. The summed E-state index contributed by atoms with van der Waals surface area (Å²) >= 11 is 5.85. The predicted molar refractivity (Wildman–Crippen MR) is 70.7 cm³/mol. The van der Waals surface area contributed by atoms with E-state index in [2.05, 4.69) is 9.97 Å². The molecule has 0 unspecified atom stereocenters. The summed E-state index contributed by atoms with van der Waals surface area (Å²) in [6, 6.07) is 9.48. The molecule has 0 saturated carbocycles. The summed E-state index contributed by atoms with van der Waals surface area (Å²) in [7, 11) is 1.58. The molecule has 2 rings (SSSR count). The van der Waals surface area contributed by atoms with Gasteiger partial charge in [-0.15, -0.1) is 0 Å². The number of hydrogen-bond donors (Lipinski definition) is 1. The van der Waals surface area contributed by atoms with Crippen molar-refractivity contribution in [1.82, 2.24) is 9.97 Å². The highest BCUT2D eigenvalue weighted by molar-refractivity contribution is 6.30. The average molecular weight is 264 g/mol. The van der Waals surface area contributed by atoms with Crippen LogP contribution in [0.2, 0.25) is 5.02 Å². The Morgan fingerprint density at radius 3 is 2.56 bits per heavy atom. The molecule has 0 bridgehead atoms. The Labute approximate surface area is 111 Å². The number of methoxy groups -OCH3 is 1. The van der Waals surface area contributed by atoms with Crippen molar-refractivity contribution in [2.45, 2.75) is 13.0 Å². The summed E-state index contributed by atoms with van der Waals surface area (Å²) in [6.45, 7) is 0.296. The van der Waals surface area contributed by atoms with Crippen LogP contribution in [-0.2, 0) is 13.0 Å². The lowest BCUT2D eigenvalue weighted by Crippen LogP contribution is -2.07. The Hall–Kier alpha value is -1.65. The smallest absolute Gasteiger partial charge is 0.216 e. The Kier molecular flexibility index (Phi) is 4.12. The summed E-state index contributed by atoms with van der Waals surface area (Å²) in [4.78, 5) is 8.52. The maximum atomic E-state index is 5.85. The molecule has 0 aliphatic rings. The maximum absolute atomic E-state index is 5.85. The van der Waals surface area contributed by atoms with Crippen LogP contribution in [0.4, 0.5) is 0 Å². The molecule has 0 saturated heterocycles. The van der Waals surface area contributed by atoms with Crippen molar-refractivity contribution >= 4 is 11.6 Å².